The summed E-state index contributed by atoms with van der Waals surface area (Å²) in [5.41, 5.74) is 1.12. The molecule has 7 heteroatoms. The summed E-state index contributed by atoms with van der Waals surface area (Å²) < 4.78 is 23.4. The molecule has 2 fully saturated rings. The predicted molar refractivity (Wildman–Crippen MR) is 93.6 cm³/mol. The molecule has 2 aliphatic rings. The van der Waals surface area contributed by atoms with E-state index < -0.39 is 36.4 Å². The minimum absolute atomic E-state index is 0.274. The van der Waals surface area contributed by atoms with E-state index in [4.69, 9.17) is 18.9 Å². The van der Waals surface area contributed by atoms with Gasteiger partial charge in [-0.05, 0) is 38.0 Å². The van der Waals surface area contributed by atoms with Crippen molar-refractivity contribution in [3.05, 3.63) is 29.8 Å². The number of carbonyl (C=O) groups is 1. The highest BCUT2D eigenvalue weighted by Gasteiger charge is 2.52. The van der Waals surface area contributed by atoms with Crippen LogP contribution in [0, 0.1) is 0 Å². The molecule has 0 saturated carbocycles. The number of aliphatic hydroxyl groups excluding tert-OH is 1. The van der Waals surface area contributed by atoms with Crippen LogP contribution in [0.15, 0.2) is 24.3 Å². The van der Waals surface area contributed by atoms with Crippen LogP contribution in [0.1, 0.15) is 33.3 Å². The molecule has 2 saturated heterocycles. The van der Waals surface area contributed by atoms with E-state index in [1.54, 1.807) is 13.8 Å². The average molecular weight is 365 g/mol. The first-order chi connectivity index (χ1) is 12.3. The lowest BCUT2D eigenvalue weighted by Gasteiger charge is -2.49. The SMILES string of the molecule is CCc1cccc(O[C@@H]2O[C@@H]3COC(C)(C)O[C@@H]3[C@H](O)[C@@H]2NC(C)=O)c1. The molecule has 0 spiro atoms. The van der Waals surface area contributed by atoms with Crippen molar-refractivity contribution in [2.45, 2.75) is 70.5 Å². The van der Waals surface area contributed by atoms with Crippen LogP contribution in [-0.2, 0) is 25.4 Å². The first kappa shape index (κ1) is 19.1. The van der Waals surface area contributed by atoms with Gasteiger partial charge in [0.1, 0.15) is 30.1 Å². The molecule has 1 aromatic rings. The number of benzene rings is 1. The van der Waals surface area contributed by atoms with Gasteiger partial charge >= 0.3 is 0 Å². The second kappa shape index (κ2) is 7.52. The molecular formula is C19H27NO6. The summed E-state index contributed by atoms with van der Waals surface area (Å²) in [5, 5.41) is 13.6. The number of ether oxygens (including phenoxy) is 4. The summed E-state index contributed by atoms with van der Waals surface area (Å²) >= 11 is 0. The molecule has 2 N–H and O–H groups in total. The fourth-order valence-electron chi connectivity index (χ4n) is 3.31. The van der Waals surface area contributed by atoms with Crippen molar-refractivity contribution in [2.75, 3.05) is 6.61 Å². The highest BCUT2D eigenvalue weighted by atomic mass is 16.8. The van der Waals surface area contributed by atoms with Crippen LogP contribution in [0.2, 0.25) is 0 Å². The van der Waals surface area contributed by atoms with Crippen molar-refractivity contribution in [2.24, 2.45) is 0 Å². The van der Waals surface area contributed by atoms with Gasteiger partial charge < -0.3 is 29.4 Å². The number of amides is 1. The third-order valence-electron chi connectivity index (χ3n) is 4.62. The largest absolute Gasteiger partial charge is 0.463 e. The van der Waals surface area contributed by atoms with Gasteiger partial charge in [0, 0.05) is 6.92 Å². The normalized spacial score (nSPS) is 33.2. The summed E-state index contributed by atoms with van der Waals surface area (Å²) in [7, 11) is 0. The highest BCUT2D eigenvalue weighted by molar-refractivity contribution is 5.73. The Balaban J connectivity index is 1.81. The van der Waals surface area contributed by atoms with Crippen molar-refractivity contribution in [1.82, 2.24) is 5.32 Å². The third-order valence-corrected chi connectivity index (χ3v) is 4.62. The van der Waals surface area contributed by atoms with Gasteiger partial charge in [0.05, 0.1) is 6.61 Å². The molecule has 144 valence electrons. The van der Waals surface area contributed by atoms with Gasteiger partial charge in [-0.3, -0.25) is 4.79 Å². The Morgan fingerprint density at radius 3 is 2.88 bits per heavy atom. The van der Waals surface area contributed by atoms with Crippen LogP contribution in [0.5, 0.6) is 5.75 Å². The molecule has 2 heterocycles. The molecule has 7 nitrogen and oxygen atoms in total. The molecule has 0 unspecified atom stereocenters. The number of hydrogen-bond donors (Lipinski definition) is 2. The number of nitrogens with one attached hydrogen (secondary N) is 1. The van der Waals surface area contributed by atoms with Crippen molar-refractivity contribution in [3.63, 3.8) is 0 Å². The fraction of sp³-hybridized carbons (Fsp3) is 0.632. The van der Waals surface area contributed by atoms with Crippen LogP contribution in [0.3, 0.4) is 0 Å². The average Bonchev–Trinajstić information content (AvgIpc) is 2.58. The van der Waals surface area contributed by atoms with Crippen molar-refractivity contribution in [3.8, 4) is 5.75 Å². The summed E-state index contributed by atoms with van der Waals surface area (Å²) in [5.74, 6) is -0.484. The molecule has 2 aliphatic heterocycles. The molecule has 0 aliphatic carbocycles. The number of fused-ring (bicyclic) bond motifs is 1. The van der Waals surface area contributed by atoms with Crippen molar-refractivity contribution < 1.29 is 28.8 Å². The van der Waals surface area contributed by atoms with E-state index >= 15 is 0 Å². The Labute approximate surface area is 153 Å². The quantitative estimate of drug-likeness (QED) is 0.838. The maximum atomic E-state index is 11.6. The Bertz CT molecular complexity index is 649. The first-order valence-corrected chi connectivity index (χ1v) is 8.97. The summed E-state index contributed by atoms with van der Waals surface area (Å²) in [4.78, 5) is 11.6. The van der Waals surface area contributed by atoms with Crippen LogP contribution in [0.25, 0.3) is 0 Å². The minimum atomic E-state index is -0.986. The fourth-order valence-corrected chi connectivity index (χ4v) is 3.31. The zero-order chi connectivity index (χ0) is 18.9. The number of rotatable bonds is 4. The van der Waals surface area contributed by atoms with Crippen LogP contribution in [0.4, 0.5) is 0 Å². The monoisotopic (exact) mass is 365 g/mol. The molecule has 1 amide bonds. The molecule has 0 aromatic heterocycles. The Kier molecular flexibility index (Phi) is 5.53. The Hall–Kier alpha value is -1.67. The molecule has 0 bridgehead atoms. The standard InChI is InChI=1S/C19H27NO6/c1-5-12-7-6-8-13(9-12)24-18-15(20-11(2)21)16(22)17-14(25-18)10-23-19(3,4)26-17/h6-9,14-18,22H,5,10H2,1-4H3,(H,20,21)/t14-,15+,16-,17+,18-/m1/s1. The van der Waals surface area contributed by atoms with Gasteiger partial charge in [-0.25, -0.2) is 0 Å². The molecule has 0 radical (unpaired) electrons. The molecule has 5 atom stereocenters. The number of hydrogen-bond acceptors (Lipinski definition) is 6. The minimum Gasteiger partial charge on any atom is -0.463 e. The number of carbonyl (C=O) groups excluding carboxylic acids is 1. The van der Waals surface area contributed by atoms with E-state index in [0.29, 0.717) is 5.75 Å². The van der Waals surface area contributed by atoms with Crippen LogP contribution >= 0.6 is 0 Å². The van der Waals surface area contributed by atoms with E-state index in [1.165, 1.54) is 6.92 Å². The third kappa shape index (κ3) is 4.17. The Morgan fingerprint density at radius 2 is 2.19 bits per heavy atom. The second-order valence-corrected chi connectivity index (χ2v) is 7.17. The first-order valence-electron chi connectivity index (χ1n) is 8.97. The predicted octanol–water partition coefficient (Wildman–Crippen LogP) is 1.37. The van der Waals surface area contributed by atoms with Gasteiger partial charge in [0.2, 0.25) is 12.2 Å². The topological polar surface area (TPSA) is 86.2 Å². The van der Waals surface area contributed by atoms with E-state index in [0.717, 1.165) is 12.0 Å². The Morgan fingerprint density at radius 1 is 1.42 bits per heavy atom. The molecule has 3 rings (SSSR count). The smallest absolute Gasteiger partial charge is 0.223 e. The van der Waals surface area contributed by atoms with E-state index in [2.05, 4.69) is 12.2 Å². The van der Waals surface area contributed by atoms with Gasteiger partial charge in [0.25, 0.3) is 0 Å². The molecule has 26 heavy (non-hydrogen) atoms. The maximum absolute atomic E-state index is 11.6. The zero-order valence-corrected chi connectivity index (χ0v) is 15.6. The van der Waals surface area contributed by atoms with Gasteiger partial charge in [-0.1, -0.05) is 19.1 Å². The lowest BCUT2D eigenvalue weighted by Crippen LogP contribution is -2.69. The van der Waals surface area contributed by atoms with Gasteiger partial charge in [-0.2, -0.15) is 0 Å². The second-order valence-electron chi connectivity index (χ2n) is 7.17. The van der Waals surface area contributed by atoms with E-state index in [9.17, 15) is 9.90 Å². The van der Waals surface area contributed by atoms with Crippen LogP contribution in [-0.4, -0.2) is 54.1 Å². The van der Waals surface area contributed by atoms with Crippen LogP contribution < -0.4 is 10.1 Å². The molecule has 1 aromatic carbocycles. The van der Waals surface area contributed by atoms with Crippen molar-refractivity contribution in [1.29, 1.82) is 0 Å². The maximum Gasteiger partial charge on any atom is 0.223 e. The highest BCUT2D eigenvalue weighted by Crippen LogP contribution is 2.33. The van der Waals surface area contributed by atoms with E-state index in [-0.39, 0.29) is 12.5 Å². The van der Waals surface area contributed by atoms with Crippen molar-refractivity contribution >= 4 is 5.91 Å². The number of aliphatic hydroxyl groups is 1. The zero-order valence-electron chi connectivity index (χ0n) is 15.6. The number of aryl methyl sites for hydroxylation is 1. The van der Waals surface area contributed by atoms with E-state index in [1.807, 2.05) is 24.3 Å². The lowest BCUT2D eigenvalue weighted by molar-refractivity contribution is -0.361. The summed E-state index contributed by atoms with van der Waals surface area (Å²) in [6, 6.07) is 6.90. The summed E-state index contributed by atoms with van der Waals surface area (Å²) in [6.45, 7) is 7.28. The summed E-state index contributed by atoms with van der Waals surface area (Å²) in [6.07, 6.45) is -2.06. The molecular weight excluding hydrogens is 338 g/mol. The van der Waals surface area contributed by atoms with Gasteiger partial charge in [0.15, 0.2) is 5.79 Å². The lowest BCUT2D eigenvalue weighted by atomic mass is 9.95. The van der Waals surface area contributed by atoms with Gasteiger partial charge in [-0.15, -0.1) is 0 Å².